The van der Waals surface area contributed by atoms with Crippen molar-refractivity contribution < 1.29 is 8.78 Å². The third-order valence-electron chi connectivity index (χ3n) is 2.52. The van der Waals surface area contributed by atoms with Crippen LogP contribution in [-0.2, 0) is 6.54 Å². The van der Waals surface area contributed by atoms with Gasteiger partial charge >= 0.3 is 0 Å². The minimum Gasteiger partial charge on any atom is -0.307 e. The Labute approximate surface area is 103 Å². The van der Waals surface area contributed by atoms with E-state index >= 15 is 0 Å². The molecule has 0 heterocycles. The summed E-state index contributed by atoms with van der Waals surface area (Å²) in [5.41, 5.74) is -0.0387. The Hall–Kier alpha value is -0.480. The number of alkyl halides is 1. The Kier molecular flexibility index (Phi) is 4.87. The first-order chi connectivity index (χ1) is 7.46. The van der Waals surface area contributed by atoms with Crippen LogP contribution in [0.15, 0.2) is 18.2 Å². The standard InChI is InChI=1S/C12H16BrF2N/c1-12(2,6-7-13)16-8-9-10(14)4-3-5-11(9)15/h3-5,16H,6-8H2,1-2H3. The summed E-state index contributed by atoms with van der Waals surface area (Å²) in [5, 5.41) is 4.00. The van der Waals surface area contributed by atoms with Gasteiger partial charge in [-0.2, -0.15) is 0 Å². The number of benzene rings is 1. The van der Waals surface area contributed by atoms with E-state index in [0.717, 1.165) is 11.8 Å². The third-order valence-corrected chi connectivity index (χ3v) is 2.92. The van der Waals surface area contributed by atoms with Gasteiger partial charge in [0, 0.05) is 23.0 Å². The maximum absolute atomic E-state index is 13.3. The van der Waals surface area contributed by atoms with Crippen molar-refractivity contribution in [3.8, 4) is 0 Å². The van der Waals surface area contributed by atoms with Crippen LogP contribution in [0.3, 0.4) is 0 Å². The number of nitrogens with one attached hydrogen (secondary N) is 1. The van der Waals surface area contributed by atoms with Crippen molar-refractivity contribution in [2.45, 2.75) is 32.4 Å². The van der Waals surface area contributed by atoms with Gasteiger partial charge in [0.05, 0.1) is 0 Å². The van der Waals surface area contributed by atoms with Gasteiger partial charge in [0.1, 0.15) is 11.6 Å². The molecule has 0 amide bonds. The molecule has 0 saturated carbocycles. The van der Waals surface area contributed by atoms with Crippen molar-refractivity contribution in [3.05, 3.63) is 35.4 Å². The van der Waals surface area contributed by atoms with Crippen molar-refractivity contribution in [3.63, 3.8) is 0 Å². The van der Waals surface area contributed by atoms with Gasteiger partial charge in [-0.3, -0.25) is 0 Å². The highest BCUT2D eigenvalue weighted by Crippen LogP contribution is 2.15. The van der Waals surface area contributed by atoms with Crippen LogP contribution in [0, 0.1) is 11.6 Å². The van der Waals surface area contributed by atoms with Crippen LogP contribution in [0.2, 0.25) is 0 Å². The molecule has 0 aliphatic carbocycles. The van der Waals surface area contributed by atoms with E-state index in [2.05, 4.69) is 21.2 Å². The molecule has 90 valence electrons. The van der Waals surface area contributed by atoms with Crippen LogP contribution in [-0.4, -0.2) is 10.9 Å². The first kappa shape index (κ1) is 13.6. The van der Waals surface area contributed by atoms with Gasteiger partial charge in [-0.25, -0.2) is 8.78 Å². The Balaban J connectivity index is 2.68. The molecule has 0 atom stereocenters. The first-order valence-corrected chi connectivity index (χ1v) is 6.32. The maximum atomic E-state index is 13.3. The van der Waals surface area contributed by atoms with Crippen molar-refractivity contribution in [2.75, 3.05) is 5.33 Å². The lowest BCUT2D eigenvalue weighted by molar-refractivity contribution is 0.370. The van der Waals surface area contributed by atoms with E-state index in [9.17, 15) is 8.78 Å². The molecule has 0 saturated heterocycles. The van der Waals surface area contributed by atoms with Gasteiger partial charge < -0.3 is 5.32 Å². The summed E-state index contributed by atoms with van der Waals surface area (Å²) in [5.74, 6) is -0.996. The molecule has 0 fully saturated rings. The molecule has 0 spiro atoms. The molecule has 0 radical (unpaired) electrons. The van der Waals surface area contributed by atoms with E-state index in [0.29, 0.717) is 0 Å². The van der Waals surface area contributed by atoms with E-state index in [1.165, 1.54) is 18.2 Å². The highest BCUT2D eigenvalue weighted by Gasteiger charge is 2.17. The lowest BCUT2D eigenvalue weighted by Gasteiger charge is -2.25. The van der Waals surface area contributed by atoms with Gasteiger partial charge in [0.2, 0.25) is 0 Å². The highest BCUT2D eigenvalue weighted by atomic mass is 79.9. The second kappa shape index (κ2) is 5.73. The van der Waals surface area contributed by atoms with Crippen molar-refractivity contribution in [2.24, 2.45) is 0 Å². The Morgan fingerprint density at radius 3 is 2.31 bits per heavy atom. The zero-order valence-corrected chi connectivity index (χ0v) is 11.1. The molecule has 16 heavy (non-hydrogen) atoms. The number of hydrogen-bond acceptors (Lipinski definition) is 1. The lowest BCUT2D eigenvalue weighted by Crippen LogP contribution is -2.39. The molecular formula is C12H16BrF2N. The summed E-state index contributed by atoms with van der Waals surface area (Å²) in [6.45, 7) is 4.22. The van der Waals surface area contributed by atoms with E-state index < -0.39 is 11.6 Å². The van der Waals surface area contributed by atoms with E-state index in [-0.39, 0.29) is 17.6 Å². The van der Waals surface area contributed by atoms with E-state index in [4.69, 9.17) is 0 Å². The predicted octanol–water partition coefficient (Wildman–Crippen LogP) is 3.62. The van der Waals surface area contributed by atoms with Crippen LogP contribution in [0.25, 0.3) is 0 Å². The van der Waals surface area contributed by atoms with Crippen LogP contribution in [0.5, 0.6) is 0 Å². The van der Waals surface area contributed by atoms with Crippen LogP contribution < -0.4 is 5.32 Å². The molecule has 1 N–H and O–H groups in total. The molecule has 1 aromatic carbocycles. The SMILES string of the molecule is CC(C)(CCBr)NCc1c(F)cccc1F. The second-order valence-corrected chi connectivity index (χ2v) is 5.17. The fourth-order valence-corrected chi connectivity index (χ4v) is 2.34. The normalized spacial score (nSPS) is 11.8. The first-order valence-electron chi connectivity index (χ1n) is 5.20. The maximum Gasteiger partial charge on any atom is 0.130 e. The molecule has 0 bridgehead atoms. The van der Waals surface area contributed by atoms with Crippen molar-refractivity contribution in [1.82, 2.24) is 5.32 Å². The number of halogens is 3. The van der Waals surface area contributed by atoms with Gasteiger partial charge in [-0.15, -0.1) is 0 Å². The minimum atomic E-state index is -0.498. The van der Waals surface area contributed by atoms with Crippen LogP contribution in [0.4, 0.5) is 8.78 Å². The average Bonchev–Trinajstić information content (AvgIpc) is 2.16. The number of rotatable bonds is 5. The zero-order chi connectivity index (χ0) is 12.2. The van der Waals surface area contributed by atoms with Gasteiger partial charge in [0.15, 0.2) is 0 Å². The summed E-state index contributed by atoms with van der Waals surface area (Å²) in [7, 11) is 0. The Bertz CT molecular complexity index is 333. The molecule has 0 aliphatic heterocycles. The lowest BCUT2D eigenvalue weighted by atomic mass is 10.0. The fraction of sp³-hybridized carbons (Fsp3) is 0.500. The second-order valence-electron chi connectivity index (χ2n) is 4.38. The fourth-order valence-electron chi connectivity index (χ4n) is 1.35. The van der Waals surface area contributed by atoms with Gasteiger partial charge in [-0.05, 0) is 32.4 Å². The summed E-state index contributed by atoms with van der Waals surface area (Å²) >= 11 is 3.35. The predicted molar refractivity (Wildman–Crippen MR) is 65.7 cm³/mol. The third kappa shape index (κ3) is 3.83. The van der Waals surface area contributed by atoms with Crippen molar-refractivity contribution >= 4 is 15.9 Å². The monoisotopic (exact) mass is 291 g/mol. The molecule has 1 nitrogen and oxygen atoms in total. The summed E-state index contributed by atoms with van der Waals surface area (Å²) in [4.78, 5) is 0. The minimum absolute atomic E-state index is 0.102. The van der Waals surface area contributed by atoms with E-state index in [1.807, 2.05) is 13.8 Å². The summed E-state index contributed by atoms with van der Waals surface area (Å²) < 4.78 is 26.6. The molecule has 0 unspecified atom stereocenters. The van der Waals surface area contributed by atoms with Crippen molar-refractivity contribution in [1.29, 1.82) is 0 Å². The van der Waals surface area contributed by atoms with Crippen LogP contribution in [0.1, 0.15) is 25.8 Å². The Morgan fingerprint density at radius 1 is 1.25 bits per heavy atom. The van der Waals surface area contributed by atoms with Gasteiger partial charge in [0.25, 0.3) is 0 Å². The molecule has 4 heteroatoms. The summed E-state index contributed by atoms with van der Waals surface area (Å²) in [6, 6.07) is 3.92. The highest BCUT2D eigenvalue weighted by molar-refractivity contribution is 9.09. The van der Waals surface area contributed by atoms with Crippen LogP contribution >= 0.6 is 15.9 Å². The Morgan fingerprint density at radius 2 is 1.81 bits per heavy atom. The molecule has 1 aromatic rings. The molecule has 0 aliphatic rings. The average molecular weight is 292 g/mol. The smallest absolute Gasteiger partial charge is 0.130 e. The molecular weight excluding hydrogens is 276 g/mol. The summed E-state index contributed by atoms with van der Waals surface area (Å²) in [6.07, 6.45) is 0.892. The molecule has 0 aromatic heterocycles. The van der Waals surface area contributed by atoms with Gasteiger partial charge in [-0.1, -0.05) is 22.0 Å². The topological polar surface area (TPSA) is 12.0 Å². The molecule has 1 rings (SSSR count). The quantitative estimate of drug-likeness (QED) is 0.817. The number of hydrogen-bond donors (Lipinski definition) is 1. The zero-order valence-electron chi connectivity index (χ0n) is 9.49. The van der Waals surface area contributed by atoms with E-state index in [1.54, 1.807) is 0 Å². The largest absolute Gasteiger partial charge is 0.307 e.